The van der Waals surface area contributed by atoms with Gasteiger partial charge in [0.1, 0.15) is 12.4 Å². The topological polar surface area (TPSA) is 52.3 Å². The van der Waals surface area contributed by atoms with Gasteiger partial charge in [0.05, 0.1) is 16.6 Å². The highest BCUT2D eigenvalue weighted by Crippen LogP contribution is 2.13. The number of aryl methyl sites for hydroxylation is 1. The van der Waals surface area contributed by atoms with Gasteiger partial charge in [-0.25, -0.2) is 0 Å². The van der Waals surface area contributed by atoms with Crippen LogP contribution in [0.15, 0.2) is 53.4 Å². The van der Waals surface area contributed by atoms with E-state index in [1.165, 1.54) is 5.56 Å². The van der Waals surface area contributed by atoms with Crippen molar-refractivity contribution in [1.82, 2.24) is 0 Å². The molecule has 0 saturated heterocycles. The molecule has 2 N–H and O–H groups in total. The van der Waals surface area contributed by atoms with E-state index in [2.05, 4.69) is 0 Å². The minimum absolute atomic E-state index is 0.433. The summed E-state index contributed by atoms with van der Waals surface area (Å²) in [5.74, 6) is 1.27. The molecule has 0 aliphatic heterocycles. The molecule has 2 aromatic rings. The molecule has 0 aliphatic rings. The monoisotopic (exact) mass is 289 g/mol. The highest BCUT2D eigenvalue weighted by atomic mass is 32.2. The summed E-state index contributed by atoms with van der Waals surface area (Å²) >= 11 is 0. The Morgan fingerprint density at radius 1 is 1.05 bits per heavy atom. The summed E-state index contributed by atoms with van der Waals surface area (Å²) in [4.78, 5) is 0.845. The third-order valence-corrected chi connectivity index (χ3v) is 4.32. The Kier molecular flexibility index (Phi) is 5.32. The van der Waals surface area contributed by atoms with E-state index in [1.807, 2.05) is 55.5 Å². The molecular weight excluding hydrogens is 270 g/mol. The molecular formula is C16H19NO2S. The molecule has 2 aromatic carbocycles. The summed E-state index contributed by atoms with van der Waals surface area (Å²) < 4.78 is 17.6. The molecule has 3 nitrogen and oxygen atoms in total. The smallest absolute Gasteiger partial charge is 0.119 e. The van der Waals surface area contributed by atoms with Crippen LogP contribution in [-0.2, 0) is 17.3 Å². The molecule has 0 aliphatic carbocycles. The van der Waals surface area contributed by atoms with Crippen LogP contribution in [0, 0.1) is 6.92 Å². The molecule has 0 radical (unpaired) electrons. The molecule has 0 heterocycles. The largest absolute Gasteiger partial charge is 0.493 e. The van der Waals surface area contributed by atoms with Crippen molar-refractivity contribution in [2.45, 2.75) is 18.4 Å². The van der Waals surface area contributed by atoms with Gasteiger partial charge < -0.3 is 10.5 Å². The van der Waals surface area contributed by atoms with Gasteiger partial charge in [0, 0.05) is 11.4 Å². The fourth-order valence-corrected chi connectivity index (χ4v) is 2.67. The predicted molar refractivity (Wildman–Crippen MR) is 82.3 cm³/mol. The minimum atomic E-state index is -1.02. The van der Waals surface area contributed by atoms with E-state index >= 15 is 0 Å². The molecule has 20 heavy (non-hydrogen) atoms. The second-order valence-corrected chi connectivity index (χ2v) is 6.13. The van der Waals surface area contributed by atoms with E-state index in [1.54, 1.807) is 0 Å². The highest BCUT2D eigenvalue weighted by molar-refractivity contribution is 7.85. The zero-order chi connectivity index (χ0) is 14.4. The van der Waals surface area contributed by atoms with E-state index in [4.69, 9.17) is 10.5 Å². The number of hydrogen-bond donors (Lipinski definition) is 1. The summed E-state index contributed by atoms with van der Waals surface area (Å²) in [6.45, 7) is 2.97. The fraction of sp³-hybridized carbons (Fsp3) is 0.250. The fourth-order valence-electron chi connectivity index (χ4n) is 1.76. The molecule has 1 atom stereocenters. The molecule has 0 fully saturated rings. The normalized spacial score (nSPS) is 12.1. The van der Waals surface area contributed by atoms with Crippen LogP contribution < -0.4 is 10.5 Å². The van der Waals surface area contributed by atoms with Crippen molar-refractivity contribution in [1.29, 1.82) is 0 Å². The van der Waals surface area contributed by atoms with Crippen LogP contribution >= 0.6 is 0 Å². The Hall–Kier alpha value is -1.65. The summed E-state index contributed by atoms with van der Waals surface area (Å²) in [7, 11) is -1.02. The van der Waals surface area contributed by atoms with E-state index < -0.39 is 10.8 Å². The van der Waals surface area contributed by atoms with Gasteiger partial charge in [-0.15, -0.1) is 0 Å². The second kappa shape index (κ2) is 7.22. The lowest BCUT2D eigenvalue weighted by Crippen LogP contribution is -2.08. The average molecular weight is 289 g/mol. The van der Waals surface area contributed by atoms with Gasteiger partial charge in [0.25, 0.3) is 0 Å². The third kappa shape index (κ3) is 4.18. The first kappa shape index (κ1) is 14.8. The van der Waals surface area contributed by atoms with E-state index in [9.17, 15) is 4.21 Å². The standard InChI is InChI=1S/C16H19NO2S/c1-13-2-8-16(9-3-13)20(18)11-10-19-15-6-4-14(12-17)5-7-15/h2-9H,10-12,17H2,1H3. The summed E-state index contributed by atoms with van der Waals surface area (Å²) in [5.41, 5.74) is 7.77. The third-order valence-electron chi connectivity index (χ3n) is 2.98. The molecule has 1 unspecified atom stereocenters. The maximum absolute atomic E-state index is 12.1. The second-order valence-electron chi connectivity index (χ2n) is 4.56. The van der Waals surface area contributed by atoms with Crippen molar-refractivity contribution < 1.29 is 8.95 Å². The molecule has 0 saturated carbocycles. The van der Waals surface area contributed by atoms with Gasteiger partial charge in [0.15, 0.2) is 0 Å². The first-order valence-corrected chi connectivity index (χ1v) is 7.88. The van der Waals surface area contributed by atoms with Gasteiger partial charge >= 0.3 is 0 Å². The van der Waals surface area contributed by atoms with Crippen LogP contribution in [0.25, 0.3) is 0 Å². The van der Waals surface area contributed by atoms with Crippen molar-refractivity contribution in [3.8, 4) is 5.75 Å². The van der Waals surface area contributed by atoms with Crippen molar-refractivity contribution in [3.63, 3.8) is 0 Å². The molecule has 0 amide bonds. The quantitative estimate of drug-likeness (QED) is 0.889. The zero-order valence-corrected chi connectivity index (χ0v) is 12.4. The Bertz CT molecular complexity index is 564. The number of benzene rings is 2. The molecule has 2 rings (SSSR count). The lowest BCUT2D eigenvalue weighted by Gasteiger charge is -2.07. The number of ether oxygens (including phenoxy) is 1. The van der Waals surface area contributed by atoms with Crippen molar-refractivity contribution in [2.24, 2.45) is 5.73 Å². The number of hydrogen-bond acceptors (Lipinski definition) is 3. The predicted octanol–water partition coefficient (Wildman–Crippen LogP) is 2.64. The zero-order valence-electron chi connectivity index (χ0n) is 11.5. The van der Waals surface area contributed by atoms with Gasteiger partial charge in [0.2, 0.25) is 0 Å². The first-order chi connectivity index (χ1) is 9.69. The first-order valence-electron chi connectivity index (χ1n) is 6.56. The SMILES string of the molecule is Cc1ccc(S(=O)CCOc2ccc(CN)cc2)cc1. The van der Waals surface area contributed by atoms with Gasteiger partial charge in [-0.3, -0.25) is 4.21 Å². The number of nitrogens with two attached hydrogens (primary N) is 1. The lowest BCUT2D eigenvalue weighted by molar-refractivity contribution is 0.342. The van der Waals surface area contributed by atoms with Crippen molar-refractivity contribution in [3.05, 3.63) is 59.7 Å². The van der Waals surface area contributed by atoms with Gasteiger partial charge in [-0.2, -0.15) is 0 Å². The Balaban J connectivity index is 1.82. The lowest BCUT2D eigenvalue weighted by atomic mass is 10.2. The summed E-state index contributed by atoms with van der Waals surface area (Å²) in [5, 5.41) is 0. The van der Waals surface area contributed by atoms with Crippen LogP contribution in [0.3, 0.4) is 0 Å². The van der Waals surface area contributed by atoms with Crippen LogP contribution in [0.5, 0.6) is 5.75 Å². The Labute approximate surface area is 122 Å². The highest BCUT2D eigenvalue weighted by Gasteiger charge is 2.04. The maximum Gasteiger partial charge on any atom is 0.119 e. The molecule has 0 aromatic heterocycles. The minimum Gasteiger partial charge on any atom is -0.493 e. The maximum atomic E-state index is 12.1. The van der Waals surface area contributed by atoms with Crippen LogP contribution in [0.1, 0.15) is 11.1 Å². The van der Waals surface area contributed by atoms with Crippen molar-refractivity contribution >= 4 is 10.8 Å². The van der Waals surface area contributed by atoms with Crippen molar-refractivity contribution in [2.75, 3.05) is 12.4 Å². The van der Waals surface area contributed by atoms with Crippen LogP contribution in [-0.4, -0.2) is 16.6 Å². The summed E-state index contributed by atoms with van der Waals surface area (Å²) in [6, 6.07) is 15.4. The molecule has 0 bridgehead atoms. The Morgan fingerprint density at radius 3 is 2.30 bits per heavy atom. The van der Waals surface area contributed by atoms with Gasteiger partial charge in [-0.1, -0.05) is 29.8 Å². The van der Waals surface area contributed by atoms with Crippen LogP contribution in [0.4, 0.5) is 0 Å². The molecule has 0 spiro atoms. The van der Waals surface area contributed by atoms with E-state index in [0.717, 1.165) is 16.2 Å². The van der Waals surface area contributed by atoms with Crippen LogP contribution in [0.2, 0.25) is 0 Å². The summed E-state index contributed by atoms with van der Waals surface area (Å²) in [6.07, 6.45) is 0. The van der Waals surface area contributed by atoms with Gasteiger partial charge in [-0.05, 0) is 36.8 Å². The Morgan fingerprint density at radius 2 is 1.70 bits per heavy atom. The molecule has 4 heteroatoms. The molecule has 106 valence electrons. The van der Waals surface area contributed by atoms with E-state index in [-0.39, 0.29) is 0 Å². The number of rotatable bonds is 6. The van der Waals surface area contributed by atoms with E-state index in [0.29, 0.717) is 18.9 Å². The average Bonchev–Trinajstić information content (AvgIpc) is 2.48.